The van der Waals surface area contributed by atoms with Crippen molar-refractivity contribution in [2.24, 2.45) is 5.73 Å². The molecular weight excluding hydrogens is 257 g/mol. The zero-order valence-electron chi connectivity index (χ0n) is 10.6. The molecular formula is C16H14FNS. The summed E-state index contributed by atoms with van der Waals surface area (Å²) in [6.45, 7) is 1.93. The number of halogens is 1. The minimum absolute atomic E-state index is 0.257. The van der Waals surface area contributed by atoms with Gasteiger partial charge in [0, 0.05) is 4.70 Å². The summed E-state index contributed by atoms with van der Waals surface area (Å²) in [5.74, 6) is -0.257. The van der Waals surface area contributed by atoms with Crippen molar-refractivity contribution >= 4 is 21.4 Å². The number of thiophene rings is 1. The maximum absolute atomic E-state index is 13.4. The first-order chi connectivity index (χ1) is 9.09. The highest BCUT2D eigenvalue weighted by Gasteiger charge is 2.26. The topological polar surface area (TPSA) is 26.0 Å². The quantitative estimate of drug-likeness (QED) is 0.740. The number of fused-ring (bicyclic) bond motifs is 1. The highest BCUT2D eigenvalue weighted by molar-refractivity contribution is 7.17. The Morgan fingerprint density at radius 3 is 2.68 bits per heavy atom. The van der Waals surface area contributed by atoms with E-state index < -0.39 is 5.54 Å². The second kappa shape index (κ2) is 4.44. The van der Waals surface area contributed by atoms with Gasteiger partial charge in [0.2, 0.25) is 0 Å². The first-order valence-electron chi connectivity index (χ1n) is 6.10. The Labute approximate surface area is 115 Å². The molecule has 0 aliphatic carbocycles. The van der Waals surface area contributed by atoms with Crippen LogP contribution in [0.3, 0.4) is 0 Å². The van der Waals surface area contributed by atoms with E-state index in [2.05, 4.69) is 17.5 Å². The zero-order chi connectivity index (χ0) is 13.5. The summed E-state index contributed by atoms with van der Waals surface area (Å²) in [4.78, 5) is 0. The summed E-state index contributed by atoms with van der Waals surface area (Å²) >= 11 is 1.67. The van der Waals surface area contributed by atoms with E-state index in [-0.39, 0.29) is 5.82 Å². The van der Waals surface area contributed by atoms with Gasteiger partial charge < -0.3 is 5.73 Å². The van der Waals surface area contributed by atoms with Crippen LogP contribution >= 0.6 is 11.3 Å². The van der Waals surface area contributed by atoms with Crippen LogP contribution < -0.4 is 5.73 Å². The summed E-state index contributed by atoms with van der Waals surface area (Å²) in [6, 6.07) is 14.7. The summed E-state index contributed by atoms with van der Waals surface area (Å²) in [6.07, 6.45) is 0. The molecule has 1 nitrogen and oxygen atoms in total. The third-order valence-corrected chi connectivity index (χ3v) is 4.43. The molecule has 3 heteroatoms. The molecule has 0 saturated carbocycles. The molecule has 96 valence electrons. The van der Waals surface area contributed by atoms with Crippen molar-refractivity contribution in [3.8, 4) is 0 Å². The second-order valence-electron chi connectivity index (χ2n) is 4.86. The van der Waals surface area contributed by atoms with Gasteiger partial charge in [-0.1, -0.05) is 30.3 Å². The first-order valence-corrected chi connectivity index (χ1v) is 6.98. The third-order valence-electron chi connectivity index (χ3n) is 3.46. The van der Waals surface area contributed by atoms with Crippen LogP contribution in [0.1, 0.15) is 18.1 Å². The van der Waals surface area contributed by atoms with Crippen molar-refractivity contribution in [2.75, 3.05) is 0 Å². The van der Waals surface area contributed by atoms with Crippen LogP contribution in [0.15, 0.2) is 53.9 Å². The molecule has 3 rings (SSSR count). The van der Waals surface area contributed by atoms with Gasteiger partial charge in [0.1, 0.15) is 5.82 Å². The Morgan fingerprint density at radius 2 is 1.89 bits per heavy atom. The molecule has 0 radical (unpaired) electrons. The fourth-order valence-corrected chi connectivity index (χ4v) is 3.40. The van der Waals surface area contributed by atoms with Crippen LogP contribution in [-0.2, 0) is 5.54 Å². The number of benzene rings is 2. The van der Waals surface area contributed by atoms with E-state index in [4.69, 9.17) is 5.73 Å². The van der Waals surface area contributed by atoms with E-state index in [1.807, 2.05) is 25.1 Å². The van der Waals surface area contributed by atoms with Crippen LogP contribution in [0, 0.1) is 5.82 Å². The van der Waals surface area contributed by atoms with Crippen molar-refractivity contribution in [2.45, 2.75) is 12.5 Å². The fourth-order valence-electron chi connectivity index (χ4n) is 2.37. The Hall–Kier alpha value is -1.71. The van der Waals surface area contributed by atoms with Gasteiger partial charge in [-0.05, 0) is 47.0 Å². The maximum Gasteiger partial charge on any atom is 0.123 e. The highest BCUT2D eigenvalue weighted by atomic mass is 32.1. The molecule has 2 aromatic carbocycles. The normalized spacial score (nSPS) is 14.5. The number of hydrogen-bond acceptors (Lipinski definition) is 2. The molecule has 2 N–H and O–H groups in total. The van der Waals surface area contributed by atoms with Gasteiger partial charge in [-0.25, -0.2) is 4.39 Å². The van der Waals surface area contributed by atoms with Crippen molar-refractivity contribution in [1.29, 1.82) is 0 Å². The van der Waals surface area contributed by atoms with E-state index >= 15 is 0 Å². The van der Waals surface area contributed by atoms with Gasteiger partial charge >= 0.3 is 0 Å². The highest BCUT2D eigenvalue weighted by Crippen LogP contribution is 2.35. The third kappa shape index (κ3) is 2.05. The fraction of sp³-hybridized carbons (Fsp3) is 0.125. The van der Waals surface area contributed by atoms with Gasteiger partial charge in [-0.15, -0.1) is 11.3 Å². The van der Waals surface area contributed by atoms with Crippen molar-refractivity contribution in [1.82, 2.24) is 0 Å². The van der Waals surface area contributed by atoms with Gasteiger partial charge in [-0.2, -0.15) is 0 Å². The molecule has 1 unspecified atom stereocenters. The largest absolute Gasteiger partial charge is 0.318 e. The van der Waals surface area contributed by atoms with Crippen molar-refractivity contribution < 1.29 is 4.39 Å². The number of rotatable bonds is 2. The predicted molar refractivity (Wildman–Crippen MR) is 78.9 cm³/mol. The second-order valence-corrected chi connectivity index (χ2v) is 5.77. The molecule has 3 aromatic rings. The minimum atomic E-state index is -0.702. The monoisotopic (exact) mass is 271 g/mol. The average Bonchev–Trinajstić information content (AvgIpc) is 2.86. The number of hydrogen-bond donors (Lipinski definition) is 1. The molecule has 0 aliphatic rings. The van der Waals surface area contributed by atoms with E-state index in [1.165, 1.54) is 17.5 Å². The van der Waals surface area contributed by atoms with Crippen LogP contribution in [0.2, 0.25) is 0 Å². The summed E-state index contributed by atoms with van der Waals surface area (Å²) < 4.78 is 14.6. The van der Waals surface area contributed by atoms with E-state index in [0.29, 0.717) is 0 Å². The molecule has 1 atom stereocenters. The van der Waals surface area contributed by atoms with Crippen LogP contribution in [0.5, 0.6) is 0 Å². The summed E-state index contributed by atoms with van der Waals surface area (Å²) in [7, 11) is 0. The Bertz CT molecular complexity index is 730. The maximum atomic E-state index is 13.4. The number of nitrogens with two attached hydrogens (primary N) is 1. The molecule has 19 heavy (non-hydrogen) atoms. The van der Waals surface area contributed by atoms with E-state index in [0.717, 1.165) is 15.8 Å². The van der Waals surface area contributed by atoms with Crippen molar-refractivity contribution in [3.63, 3.8) is 0 Å². The average molecular weight is 271 g/mol. The predicted octanol–water partition coefficient (Wildman–Crippen LogP) is 4.26. The van der Waals surface area contributed by atoms with Gasteiger partial charge in [0.25, 0.3) is 0 Å². The van der Waals surface area contributed by atoms with Gasteiger partial charge in [-0.3, -0.25) is 0 Å². The SMILES string of the molecule is CC(N)(c1cccc(F)c1)c1cccc2ccsc12. The standard InChI is InChI=1S/C16H14FNS/c1-16(18,12-5-3-6-13(17)10-12)14-7-2-4-11-8-9-19-15(11)14/h2-10H,18H2,1H3. The van der Waals surface area contributed by atoms with E-state index in [9.17, 15) is 4.39 Å². The lowest BCUT2D eigenvalue weighted by Gasteiger charge is -2.26. The van der Waals surface area contributed by atoms with Crippen LogP contribution in [-0.4, -0.2) is 0 Å². The molecule has 0 spiro atoms. The zero-order valence-corrected chi connectivity index (χ0v) is 11.4. The molecule has 0 fully saturated rings. The minimum Gasteiger partial charge on any atom is -0.318 e. The molecule has 1 heterocycles. The van der Waals surface area contributed by atoms with Gasteiger partial charge in [0.05, 0.1) is 5.54 Å². The molecule has 0 bridgehead atoms. The molecule has 0 aliphatic heterocycles. The van der Waals surface area contributed by atoms with E-state index in [1.54, 1.807) is 17.4 Å². The van der Waals surface area contributed by atoms with Crippen LogP contribution in [0.4, 0.5) is 4.39 Å². The lowest BCUT2D eigenvalue weighted by Crippen LogP contribution is -2.34. The van der Waals surface area contributed by atoms with Crippen molar-refractivity contribution in [3.05, 3.63) is 70.9 Å². The Morgan fingerprint density at radius 1 is 1.11 bits per heavy atom. The smallest absolute Gasteiger partial charge is 0.123 e. The summed E-state index contributed by atoms with van der Waals surface area (Å²) in [5.41, 5.74) is 7.61. The lowest BCUT2D eigenvalue weighted by atomic mass is 9.85. The summed E-state index contributed by atoms with van der Waals surface area (Å²) in [5, 5.41) is 3.23. The lowest BCUT2D eigenvalue weighted by molar-refractivity contribution is 0.585. The van der Waals surface area contributed by atoms with Gasteiger partial charge in [0.15, 0.2) is 0 Å². The molecule has 1 aromatic heterocycles. The molecule has 0 amide bonds. The Balaban J connectivity index is 2.21. The first kappa shape index (κ1) is 12.3. The van der Waals surface area contributed by atoms with Crippen LogP contribution in [0.25, 0.3) is 10.1 Å². The molecule has 0 saturated heterocycles. The Kier molecular flexibility index (Phi) is 2.88.